The van der Waals surface area contributed by atoms with Crippen molar-refractivity contribution in [3.05, 3.63) is 232 Å². The van der Waals surface area contributed by atoms with Crippen molar-refractivity contribution in [3.8, 4) is 5.69 Å². The van der Waals surface area contributed by atoms with Crippen LogP contribution >= 0.6 is 0 Å². The number of aromatic nitrogens is 1. The lowest BCUT2D eigenvalue weighted by atomic mass is 9.81. The van der Waals surface area contributed by atoms with Crippen LogP contribution in [0.25, 0.3) is 28.2 Å². The molecule has 3 heteroatoms. The lowest BCUT2D eigenvalue weighted by Gasteiger charge is -2.42. The maximum absolute atomic E-state index is 2.75. The third-order valence-electron chi connectivity index (χ3n) is 15.2. The Morgan fingerprint density at radius 3 is 2.28 bits per heavy atom. The van der Waals surface area contributed by atoms with Crippen LogP contribution in [0.2, 0.25) is 0 Å². The lowest BCUT2D eigenvalue weighted by Crippen LogP contribution is -2.37. The zero-order chi connectivity index (χ0) is 43.7. The summed E-state index contributed by atoms with van der Waals surface area (Å²) in [5.74, 6) is 1.09. The molecule has 0 radical (unpaired) electrons. The number of benzene rings is 3. The highest BCUT2D eigenvalue weighted by Crippen LogP contribution is 2.45. The Hall–Kier alpha value is -6.32. The third kappa shape index (κ3) is 8.20. The average molecular weight is 850 g/mol. The van der Waals surface area contributed by atoms with Crippen molar-refractivity contribution in [2.45, 2.75) is 103 Å². The Labute approximate surface area is 387 Å². The second-order valence-corrected chi connectivity index (χ2v) is 19.3. The highest BCUT2D eigenvalue weighted by molar-refractivity contribution is 5.94. The molecular weight excluding hydrogens is 787 g/mol. The van der Waals surface area contributed by atoms with E-state index in [-0.39, 0.29) is 6.04 Å². The maximum atomic E-state index is 2.75. The molecule has 0 amide bonds. The quantitative estimate of drug-likeness (QED) is 0.157. The molecule has 3 nitrogen and oxygen atoms in total. The molecule has 326 valence electrons. The van der Waals surface area contributed by atoms with Gasteiger partial charge in [-0.1, -0.05) is 121 Å². The van der Waals surface area contributed by atoms with Crippen molar-refractivity contribution in [1.29, 1.82) is 0 Å². The Bertz CT molecular complexity index is 2880. The van der Waals surface area contributed by atoms with Crippen molar-refractivity contribution < 1.29 is 0 Å². The lowest BCUT2D eigenvalue weighted by molar-refractivity contribution is 0.339. The minimum atomic E-state index is 0.157. The Morgan fingerprint density at radius 1 is 0.615 bits per heavy atom. The Balaban J connectivity index is 1.06. The van der Waals surface area contributed by atoms with Gasteiger partial charge in [0.05, 0.1) is 11.6 Å². The molecule has 3 aromatic carbocycles. The molecule has 3 atom stereocenters. The molecule has 1 aromatic heterocycles. The van der Waals surface area contributed by atoms with Crippen LogP contribution in [0.1, 0.15) is 106 Å². The van der Waals surface area contributed by atoms with Gasteiger partial charge in [0, 0.05) is 50.8 Å². The number of para-hydroxylation sites is 2. The molecule has 65 heavy (non-hydrogen) atoms. The number of fused-ring (bicyclic) bond motifs is 3. The summed E-state index contributed by atoms with van der Waals surface area (Å²) in [6.45, 7) is 4.62. The van der Waals surface area contributed by atoms with Gasteiger partial charge in [0.2, 0.25) is 0 Å². The predicted octanol–water partition coefficient (Wildman–Crippen LogP) is 15.9. The first kappa shape index (κ1) is 41.4. The van der Waals surface area contributed by atoms with Gasteiger partial charge in [-0.3, -0.25) is 0 Å². The summed E-state index contributed by atoms with van der Waals surface area (Å²) >= 11 is 0. The number of nitrogens with zero attached hydrogens (tertiary/aromatic N) is 3. The zero-order valence-electron chi connectivity index (χ0n) is 38.4. The van der Waals surface area contributed by atoms with Crippen LogP contribution in [0.5, 0.6) is 0 Å². The number of aryl methyl sites for hydroxylation is 1. The van der Waals surface area contributed by atoms with Crippen molar-refractivity contribution >= 4 is 22.6 Å². The number of hydrogen-bond acceptors (Lipinski definition) is 2. The Kier molecular flexibility index (Phi) is 11.6. The molecule has 0 spiro atoms. The van der Waals surface area contributed by atoms with E-state index in [1.807, 2.05) is 0 Å². The van der Waals surface area contributed by atoms with Crippen LogP contribution in [-0.4, -0.2) is 20.4 Å². The van der Waals surface area contributed by atoms with E-state index in [9.17, 15) is 0 Å². The second-order valence-electron chi connectivity index (χ2n) is 19.3. The molecular formula is C62H63N3. The molecule has 4 aromatic rings. The van der Waals surface area contributed by atoms with E-state index >= 15 is 0 Å². The summed E-state index contributed by atoms with van der Waals surface area (Å²) in [5.41, 5.74) is 20.9. The molecule has 7 aliphatic rings. The fourth-order valence-electron chi connectivity index (χ4n) is 11.8. The maximum Gasteiger partial charge on any atom is 0.0582 e. The van der Waals surface area contributed by atoms with Crippen LogP contribution in [-0.2, 0) is 6.42 Å². The van der Waals surface area contributed by atoms with Gasteiger partial charge in [-0.25, -0.2) is 0 Å². The van der Waals surface area contributed by atoms with Crippen LogP contribution in [0.15, 0.2) is 209 Å². The van der Waals surface area contributed by atoms with Crippen molar-refractivity contribution in [2.24, 2.45) is 11.8 Å². The van der Waals surface area contributed by atoms with E-state index in [0.29, 0.717) is 11.8 Å². The van der Waals surface area contributed by atoms with E-state index in [0.717, 1.165) is 70.6 Å². The summed E-state index contributed by atoms with van der Waals surface area (Å²) in [7, 11) is 0. The van der Waals surface area contributed by atoms with E-state index in [1.165, 1.54) is 103 Å². The van der Waals surface area contributed by atoms with Gasteiger partial charge in [0.1, 0.15) is 0 Å². The minimum Gasteiger partial charge on any atom is -0.338 e. The van der Waals surface area contributed by atoms with Crippen LogP contribution in [0.3, 0.4) is 0 Å². The van der Waals surface area contributed by atoms with Crippen molar-refractivity contribution in [1.82, 2.24) is 14.4 Å². The van der Waals surface area contributed by atoms with E-state index < -0.39 is 0 Å². The highest BCUT2D eigenvalue weighted by atomic mass is 15.2. The SMILES string of the molecule is CC1=C(c2ccccc2C)C=C(N(C2=CC(N(C3=CCC(C4C=CC=CC4)C=C3)C3=CC=CCC3)CC(C3=Cc4c(n(-c5ccccc5)c5ccccc45)CC3)=C2)C2=CCCCC2)CC1. The van der Waals surface area contributed by atoms with Crippen LogP contribution < -0.4 is 0 Å². The molecule has 0 fully saturated rings. The normalized spacial score (nSPS) is 22.9. The van der Waals surface area contributed by atoms with Gasteiger partial charge in [0.25, 0.3) is 0 Å². The number of rotatable bonds is 10. The van der Waals surface area contributed by atoms with E-state index in [4.69, 9.17) is 0 Å². The first-order valence-electron chi connectivity index (χ1n) is 24.7. The first-order chi connectivity index (χ1) is 32.1. The van der Waals surface area contributed by atoms with Gasteiger partial charge in [-0.15, -0.1) is 0 Å². The number of hydrogen-bond donors (Lipinski definition) is 0. The van der Waals surface area contributed by atoms with E-state index in [2.05, 4.69) is 198 Å². The smallest absolute Gasteiger partial charge is 0.0582 e. The molecule has 0 N–H and O–H groups in total. The average Bonchev–Trinajstić information content (AvgIpc) is 3.70. The molecule has 0 aliphatic heterocycles. The Morgan fingerprint density at radius 2 is 1.48 bits per heavy atom. The summed E-state index contributed by atoms with van der Waals surface area (Å²) in [4.78, 5) is 5.49. The summed E-state index contributed by atoms with van der Waals surface area (Å²) in [6, 6.07) is 29.2. The molecule has 7 aliphatic carbocycles. The van der Waals surface area contributed by atoms with Crippen LogP contribution in [0, 0.1) is 18.8 Å². The highest BCUT2D eigenvalue weighted by Gasteiger charge is 2.33. The molecule has 3 unspecified atom stereocenters. The molecule has 11 rings (SSSR count). The van der Waals surface area contributed by atoms with Crippen molar-refractivity contribution in [2.75, 3.05) is 0 Å². The van der Waals surface area contributed by atoms with E-state index in [1.54, 1.807) is 0 Å². The number of allylic oxidation sites excluding steroid dienone is 19. The largest absolute Gasteiger partial charge is 0.338 e. The predicted molar refractivity (Wildman–Crippen MR) is 274 cm³/mol. The molecule has 0 saturated carbocycles. The zero-order valence-corrected chi connectivity index (χ0v) is 38.4. The fraction of sp³-hybridized carbons (Fsp3) is 0.290. The standard InChI is InChI=1S/C62H63N3/c1-44-19-15-16-28-57(44)59-43-54(35-31-45(59)2)64(51-24-11-5-12-25-51)56-40-49(48-34-38-62-60(41-48)58-29-17-18-30-61(58)65(62)52-26-13-6-14-27-52)39-55(42-56)63(50-22-9-4-10-23-50)53-36-32-47(33-37-53)46-20-7-3-8-21-46/h3-4,6-9,13-20,22,24,26-30,32,36-37,40-43,46-47,55H,5,10-12,21,23,25,31,33-35,38-39H2,1-2H3. The minimum absolute atomic E-state index is 0.157. The topological polar surface area (TPSA) is 11.4 Å². The molecule has 0 saturated heterocycles. The van der Waals surface area contributed by atoms with Gasteiger partial charge in [-0.2, -0.15) is 0 Å². The summed E-state index contributed by atoms with van der Waals surface area (Å²) in [6.07, 6.45) is 51.0. The van der Waals surface area contributed by atoms with Gasteiger partial charge in [-0.05, 0) is 192 Å². The van der Waals surface area contributed by atoms with Gasteiger partial charge >= 0.3 is 0 Å². The fourth-order valence-corrected chi connectivity index (χ4v) is 11.8. The van der Waals surface area contributed by atoms with Gasteiger partial charge in [0.15, 0.2) is 0 Å². The summed E-state index contributed by atoms with van der Waals surface area (Å²) in [5, 5.41) is 1.34. The van der Waals surface area contributed by atoms with Crippen LogP contribution in [0.4, 0.5) is 0 Å². The first-order valence-corrected chi connectivity index (χ1v) is 24.7. The van der Waals surface area contributed by atoms with Gasteiger partial charge < -0.3 is 14.4 Å². The molecule has 1 heterocycles. The third-order valence-corrected chi connectivity index (χ3v) is 15.2. The monoisotopic (exact) mass is 850 g/mol. The second kappa shape index (κ2) is 18.3. The van der Waals surface area contributed by atoms with Crippen molar-refractivity contribution in [3.63, 3.8) is 0 Å². The summed E-state index contributed by atoms with van der Waals surface area (Å²) < 4.78 is 2.52. The molecule has 0 bridgehead atoms.